The van der Waals surface area contributed by atoms with Crippen molar-refractivity contribution >= 4 is 29.7 Å². The van der Waals surface area contributed by atoms with Gasteiger partial charge in [0.25, 0.3) is 0 Å². The van der Waals surface area contributed by atoms with Gasteiger partial charge in [0, 0.05) is 17.3 Å². The summed E-state index contributed by atoms with van der Waals surface area (Å²) >= 11 is 1.77. The van der Waals surface area contributed by atoms with Gasteiger partial charge in [0.05, 0.1) is 6.54 Å². The molecule has 0 radical (unpaired) electrons. The third-order valence-corrected chi connectivity index (χ3v) is 3.11. The molecule has 0 fully saturated rings. The summed E-state index contributed by atoms with van der Waals surface area (Å²) in [4.78, 5) is 7.77. The maximum atomic E-state index is 4.31. The summed E-state index contributed by atoms with van der Waals surface area (Å²) in [6.07, 6.45) is 8.32. The van der Waals surface area contributed by atoms with Gasteiger partial charge in [-0.15, -0.1) is 11.3 Å². The summed E-state index contributed by atoms with van der Waals surface area (Å²) in [5.74, 6) is 1.05. The summed E-state index contributed by atoms with van der Waals surface area (Å²) in [7, 11) is 0. The molecule has 0 atom stereocenters. The molecule has 0 amide bonds. The van der Waals surface area contributed by atoms with Crippen molar-refractivity contribution in [2.75, 3.05) is 6.54 Å². The van der Waals surface area contributed by atoms with Crippen molar-refractivity contribution in [2.45, 2.75) is 0 Å². The second-order valence-electron chi connectivity index (χ2n) is 3.02. The Labute approximate surface area is 80.5 Å². The molecule has 3 rings (SSSR count). The molecule has 13 heavy (non-hydrogen) atoms. The number of hydrogen-bond acceptors (Lipinski definition) is 3. The average Bonchev–Trinajstić information content (AvgIpc) is 2.72. The van der Waals surface area contributed by atoms with E-state index in [-0.39, 0.29) is 0 Å². The maximum Gasteiger partial charge on any atom is 0.133 e. The maximum absolute atomic E-state index is 4.31. The van der Waals surface area contributed by atoms with Crippen LogP contribution in [0.3, 0.4) is 0 Å². The number of aliphatic imine (C=N–C) groups is 1. The van der Waals surface area contributed by atoms with Crippen molar-refractivity contribution in [3.05, 3.63) is 33.9 Å². The zero-order valence-corrected chi connectivity index (χ0v) is 7.79. The molecule has 3 heteroatoms. The molecule has 1 aromatic rings. The first-order valence-corrected chi connectivity index (χ1v) is 5.08. The van der Waals surface area contributed by atoms with E-state index in [4.69, 9.17) is 0 Å². The highest BCUT2D eigenvalue weighted by Gasteiger charge is 2.13. The van der Waals surface area contributed by atoms with Gasteiger partial charge in [0.2, 0.25) is 0 Å². The number of rotatable bonds is 0. The molecular weight excluding hydrogens is 180 g/mol. The molecule has 0 spiro atoms. The summed E-state index contributed by atoms with van der Waals surface area (Å²) in [5, 5.41) is 2.11. The van der Waals surface area contributed by atoms with Gasteiger partial charge in [-0.05, 0) is 29.2 Å². The molecule has 64 valence electrons. The van der Waals surface area contributed by atoms with Crippen LogP contribution in [-0.2, 0) is 0 Å². The lowest BCUT2D eigenvalue weighted by atomic mass is 10.2. The highest BCUT2D eigenvalue weighted by atomic mass is 32.1. The van der Waals surface area contributed by atoms with Crippen LogP contribution in [0.25, 0.3) is 12.2 Å². The lowest BCUT2D eigenvalue weighted by Crippen LogP contribution is -2.10. The van der Waals surface area contributed by atoms with Crippen molar-refractivity contribution in [3.63, 3.8) is 0 Å². The topological polar surface area (TPSA) is 15.6 Å². The lowest BCUT2D eigenvalue weighted by molar-refractivity contribution is 0.563. The monoisotopic (exact) mass is 188 g/mol. The molecule has 0 unspecified atom stereocenters. The molecule has 3 heterocycles. The Morgan fingerprint density at radius 3 is 3.46 bits per heavy atom. The van der Waals surface area contributed by atoms with Gasteiger partial charge < -0.3 is 4.90 Å². The van der Waals surface area contributed by atoms with Crippen LogP contribution in [0.1, 0.15) is 10.4 Å². The lowest BCUT2D eigenvalue weighted by Gasteiger charge is -2.09. The van der Waals surface area contributed by atoms with Crippen LogP contribution in [0.4, 0.5) is 0 Å². The van der Waals surface area contributed by atoms with Crippen LogP contribution in [-0.4, -0.2) is 17.7 Å². The number of thiophene rings is 1. The van der Waals surface area contributed by atoms with Crippen LogP contribution in [0.15, 0.2) is 28.5 Å². The van der Waals surface area contributed by atoms with Gasteiger partial charge in [-0.3, -0.25) is 0 Å². The van der Waals surface area contributed by atoms with E-state index in [2.05, 4.69) is 39.7 Å². The summed E-state index contributed by atoms with van der Waals surface area (Å²) in [6, 6.07) is 2.13. The fourth-order valence-corrected chi connectivity index (χ4v) is 2.29. The van der Waals surface area contributed by atoms with Gasteiger partial charge in [0.1, 0.15) is 5.82 Å². The van der Waals surface area contributed by atoms with Crippen molar-refractivity contribution in [2.24, 2.45) is 4.99 Å². The molecule has 0 N–H and O–H groups in total. The van der Waals surface area contributed by atoms with E-state index in [0.29, 0.717) is 0 Å². The van der Waals surface area contributed by atoms with Crippen molar-refractivity contribution in [1.29, 1.82) is 0 Å². The molecule has 0 bridgehead atoms. The Kier molecular flexibility index (Phi) is 1.40. The molecule has 1 aromatic heterocycles. The fourth-order valence-electron chi connectivity index (χ4n) is 1.53. The largest absolute Gasteiger partial charge is 0.328 e. The van der Waals surface area contributed by atoms with Gasteiger partial charge in [-0.25, -0.2) is 4.99 Å². The molecule has 2 nitrogen and oxygen atoms in total. The first-order valence-electron chi connectivity index (χ1n) is 4.20. The predicted molar refractivity (Wildman–Crippen MR) is 56.5 cm³/mol. The highest BCUT2D eigenvalue weighted by molar-refractivity contribution is 7.11. The van der Waals surface area contributed by atoms with E-state index in [1.807, 2.05) is 6.21 Å². The van der Waals surface area contributed by atoms with Gasteiger partial charge in [-0.2, -0.15) is 0 Å². The normalized spacial score (nSPS) is 18.2. The van der Waals surface area contributed by atoms with E-state index >= 15 is 0 Å². The Morgan fingerprint density at radius 1 is 1.46 bits per heavy atom. The molecule has 0 aliphatic carbocycles. The third-order valence-electron chi connectivity index (χ3n) is 2.21. The van der Waals surface area contributed by atoms with Crippen LogP contribution in [0, 0.1) is 0 Å². The third kappa shape index (κ3) is 1.04. The number of fused-ring (bicyclic) bond motifs is 2. The van der Waals surface area contributed by atoms with Crippen molar-refractivity contribution in [1.82, 2.24) is 4.90 Å². The van der Waals surface area contributed by atoms with E-state index in [0.717, 1.165) is 12.4 Å². The Bertz CT molecular complexity index is 426. The Hall–Kier alpha value is -1.35. The van der Waals surface area contributed by atoms with E-state index < -0.39 is 0 Å². The van der Waals surface area contributed by atoms with Gasteiger partial charge in [0.15, 0.2) is 0 Å². The summed E-state index contributed by atoms with van der Waals surface area (Å²) in [5.41, 5.74) is 1.28. The van der Waals surface area contributed by atoms with Crippen LogP contribution in [0.2, 0.25) is 0 Å². The van der Waals surface area contributed by atoms with Crippen molar-refractivity contribution < 1.29 is 0 Å². The molecule has 0 aromatic carbocycles. The molecule has 0 saturated heterocycles. The van der Waals surface area contributed by atoms with E-state index in [1.165, 1.54) is 10.4 Å². The minimum Gasteiger partial charge on any atom is -0.328 e. The minimum atomic E-state index is 0.900. The predicted octanol–water partition coefficient (Wildman–Crippen LogP) is 2.42. The van der Waals surface area contributed by atoms with E-state index in [1.54, 1.807) is 11.3 Å². The SMILES string of the molecule is C1=CN2CC=NC2=Cc2ccsc21. The summed E-state index contributed by atoms with van der Waals surface area (Å²) < 4.78 is 0. The summed E-state index contributed by atoms with van der Waals surface area (Å²) in [6.45, 7) is 0.900. The Morgan fingerprint density at radius 2 is 2.46 bits per heavy atom. The number of nitrogens with zero attached hydrogens (tertiary/aromatic N) is 2. The van der Waals surface area contributed by atoms with Gasteiger partial charge >= 0.3 is 0 Å². The zero-order valence-electron chi connectivity index (χ0n) is 6.97. The molecule has 2 aliphatic heterocycles. The molecule has 0 saturated carbocycles. The molecular formula is C10H8N2S. The Balaban J connectivity index is 2.18. The average molecular weight is 188 g/mol. The van der Waals surface area contributed by atoms with Crippen molar-refractivity contribution in [3.8, 4) is 0 Å². The second-order valence-corrected chi connectivity index (χ2v) is 3.97. The first-order chi connectivity index (χ1) is 6.43. The standard InChI is InChI=1S/C10H8N2S/c1-4-12-5-3-11-10(12)7-8-2-6-13-9(1)8/h1-4,6-7H,5H2. The number of hydrogen-bond donors (Lipinski definition) is 0. The first kappa shape index (κ1) is 7.09. The smallest absolute Gasteiger partial charge is 0.133 e. The minimum absolute atomic E-state index is 0.900. The van der Waals surface area contributed by atoms with Crippen LogP contribution < -0.4 is 0 Å². The molecule has 2 aliphatic rings. The van der Waals surface area contributed by atoms with Crippen LogP contribution in [0.5, 0.6) is 0 Å². The quantitative estimate of drug-likeness (QED) is 0.610. The highest BCUT2D eigenvalue weighted by Crippen LogP contribution is 2.27. The van der Waals surface area contributed by atoms with Gasteiger partial charge in [-0.1, -0.05) is 0 Å². The fraction of sp³-hybridized carbons (Fsp3) is 0.100. The second kappa shape index (κ2) is 2.57. The van der Waals surface area contributed by atoms with Crippen LogP contribution >= 0.6 is 11.3 Å². The van der Waals surface area contributed by atoms with E-state index in [9.17, 15) is 0 Å². The zero-order chi connectivity index (χ0) is 8.67.